The van der Waals surface area contributed by atoms with Crippen LogP contribution in [0, 0.1) is 20.8 Å². The lowest BCUT2D eigenvalue weighted by Crippen LogP contribution is -2.04. The van der Waals surface area contributed by atoms with Gasteiger partial charge in [0.2, 0.25) is 8.69 Å². The van der Waals surface area contributed by atoms with Gasteiger partial charge in [0.1, 0.15) is 0 Å². The molecule has 1 aromatic carbocycles. The van der Waals surface area contributed by atoms with Gasteiger partial charge in [-0.05, 0) is 31.9 Å². The molecule has 0 aliphatic carbocycles. The normalized spacial score (nSPS) is 10.8. The fourth-order valence-corrected chi connectivity index (χ4v) is 1.81. The Kier molecular flexibility index (Phi) is 3.48. The average Bonchev–Trinajstić information content (AvgIpc) is 2.01. The monoisotopic (exact) mass is 212 g/mol. The minimum Gasteiger partial charge on any atom is -0.413 e. The predicted octanol–water partition coefficient (Wildman–Crippen LogP) is 2.44. The van der Waals surface area contributed by atoms with E-state index in [1.54, 1.807) is 0 Å². The molecule has 1 rings (SSSR count). The Labute approximate surface area is 84.4 Å². The first-order valence-corrected chi connectivity index (χ1v) is 5.23. The van der Waals surface area contributed by atoms with Gasteiger partial charge in [-0.1, -0.05) is 17.7 Å². The Morgan fingerprint density at radius 1 is 1.21 bits per heavy atom. The maximum atomic E-state index is 11.4. The molecule has 3 nitrogen and oxygen atoms in total. The summed E-state index contributed by atoms with van der Waals surface area (Å²) in [5, 5.41) is 0. The molecular weight excluding hydrogens is 199 g/mol. The molecule has 0 bridgehead atoms. The Hall–Kier alpha value is -1.08. The maximum absolute atomic E-state index is 11.4. The average molecular weight is 212 g/mol. The lowest BCUT2D eigenvalue weighted by Gasteiger charge is -2.08. The van der Waals surface area contributed by atoms with E-state index in [-0.39, 0.29) is 0 Å². The van der Waals surface area contributed by atoms with Crippen LogP contribution in [0.1, 0.15) is 27.0 Å². The minimum absolute atomic E-state index is 0.495. The molecule has 0 saturated carbocycles. The van der Waals surface area contributed by atoms with Gasteiger partial charge in [-0.2, -0.15) is 0 Å². The maximum Gasteiger partial charge on any atom is 0.343 e. The Morgan fingerprint density at radius 3 is 2.14 bits per heavy atom. The summed E-state index contributed by atoms with van der Waals surface area (Å²) in [4.78, 5) is 11.4. The number of benzene rings is 1. The number of carbonyl (C=O) groups excluding carboxylic acids is 1. The third-order valence-electron chi connectivity index (χ3n) is 2.04. The molecule has 76 valence electrons. The summed E-state index contributed by atoms with van der Waals surface area (Å²) >= 11 is 0. The van der Waals surface area contributed by atoms with Crippen molar-refractivity contribution in [3.8, 4) is 0 Å². The third-order valence-corrected chi connectivity index (χ3v) is 2.35. The molecule has 14 heavy (non-hydrogen) atoms. The lowest BCUT2D eigenvalue weighted by molar-refractivity contribution is 0.0754. The summed E-state index contributed by atoms with van der Waals surface area (Å²) in [6.45, 7) is 5.65. The van der Waals surface area contributed by atoms with E-state index in [1.807, 2.05) is 32.9 Å². The number of carbonyl (C=O) groups is 1. The van der Waals surface area contributed by atoms with E-state index in [4.69, 9.17) is 0 Å². The third kappa shape index (κ3) is 2.24. The summed E-state index contributed by atoms with van der Waals surface area (Å²) in [6.07, 6.45) is 0. The quantitative estimate of drug-likeness (QED) is 0.707. The van der Waals surface area contributed by atoms with Crippen molar-refractivity contribution in [2.24, 2.45) is 0 Å². The molecule has 0 aliphatic heterocycles. The predicted molar refractivity (Wildman–Crippen MR) is 56.5 cm³/mol. The highest BCUT2D eigenvalue weighted by molar-refractivity contribution is 7.18. The van der Waals surface area contributed by atoms with E-state index in [0.717, 1.165) is 16.7 Å². The van der Waals surface area contributed by atoms with Crippen molar-refractivity contribution in [2.75, 3.05) is 0 Å². The molecule has 0 spiro atoms. The topological polar surface area (TPSA) is 43.4 Å². The van der Waals surface area contributed by atoms with E-state index >= 15 is 0 Å². The van der Waals surface area contributed by atoms with Crippen molar-refractivity contribution in [2.45, 2.75) is 20.8 Å². The van der Waals surface area contributed by atoms with E-state index in [2.05, 4.69) is 4.52 Å². The van der Waals surface area contributed by atoms with Crippen molar-refractivity contribution in [3.63, 3.8) is 0 Å². The van der Waals surface area contributed by atoms with Crippen LogP contribution >= 0.6 is 8.69 Å². The molecule has 0 fully saturated rings. The molecule has 0 amide bonds. The zero-order chi connectivity index (χ0) is 10.7. The number of hydrogen-bond acceptors (Lipinski definition) is 3. The van der Waals surface area contributed by atoms with Gasteiger partial charge in [-0.3, -0.25) is 4.57 Å². The van der Waals surface area contributed by atoms with E-state index in [1.165, 1.54) is 0 Å². The number of rotatable bonds is 2. The molecule has 0 saturated heterocycles. The van der Waals surface area contributed by atoms with Crippen molar-refractivity contribution >= 4 is 14.7 Å². The van der Waals surface area contributed by atoms with Gasteiger partial charge >= 0.3 is 5.97 Å². The van der Waals surface area contributed by atoms with Gasteiger partial charge in [0, 0.05) is 0 Å². The number of hydrogen-bond donors (Lipinski definition) is 0. The van der Waals surface area contributed by atoms with Crippen molar-refractivity contribution in [1.29, 1.82) is 0 Å². The first-order valence-electron chi connectivity index (χ1n) is 4.28. The molecule has 4 heteroatoms. The second kappa shape index (κ2) is 4.43. The fourth-order valence-electron chi connectivity index (χ4n) is 1.60. The Bertz CT molecular complexity index is 362. The second-order valence-electron chi connectivity index (χ2n) is 3.28. The van der Waals surface area contributed by atoms with Gasteiger partial charge in [0.15, 0.2) is 0 Å². The molecule has 1 atom stereocenters. The zero-order valence-corrected chi connectivity index (χ0v) is 9.61. The van der Waals surface area contributed by atoms with E-state index in [0.29, 0.717) is 5.56 Å². The van der Waals surface area contributed by atoms with Gasteiger partial charge in [0.05, 0.1) is 5.56 Å². The molecule has 0 aliphatic rings. The first kappa shape index (κ1) is 11.0. The van der Waals surface area contributed by atoms with Crippen LogP contribution in [0.3, 0.4) is 0 Å². The molecule has 0 N–H and O–H groups in total. The highest BCUT2D eigenvalue weighted by Crippen LogP contribution is 2.18. The fraction of sp³-hybridized carbons (Fsp3) is 0.300. The van der Waals surface area contributed by atoms with Crippen LogP contribution in [0.2, 0.25) is 0 Å². The molecular formula is C10H13O3P. The highest BCUT2D eigenvalue weighted by Gasteiger charge is 2.13. The Morgan fingerprint density at radius 2 is 1.71 bits per heavy atom. The van der Waals surface area contributed by atoms with Crippen LogP contribution in [0.5, 0.6) is 0 Å². The SMILES string of the molecule is Cc1cc(C)c(C(=O)O[PH2]=O)c(C)c1. The standard InChI is InChI=1S/C10H13O3P/c1-6-4-7(2)9(8(3)5-6)10(11)13-14-12/h4-5H,14H2,1-3H3. The summed E-state index contributed by atoms with van der Waals surface area (Å²) in [5.74, 6) is -0.495. The summed E-state index contributed by atoms with van der Waals surface area (Å²) in [6, 6.07) is 3.81. The van der Waals surface area contributed by atoms with Crippen LogP contribution in [0.25, 0.3) is 0 Å². The van der Waals surface area contributed by atoms with Gasteiger partial charge < -0.3 is 4.52 Å². The van der Waals surface area contributed by atoms with Crippen LogP contribution in [0.15, 0.2) is 12.1 Å². The summed E-state index contributed by atoms with van der Waals surface area (Å²) in [5.41, 5.74) is 3.35. The molecule has 1 aromatic rings. The van der Waals surface area contributed by atoms with Crippen molar-refractivity contribution < 1.29 is 13.9 Å². The van der Waals surface area contributed by atoms with Gasteiger partial charge in [0.25, 0.3) is 0 Å². The van der Waals surface area contributed by atoms with Crippen LogP contribution in [-0.4, -0.2) is 5.97 Å². The van der Waals surface area contributed by atoms with Crippen LogP contribution in [0.4, 0.5) is 0 Å². The molecule has 0 radical (unpaired) electrons. The second-order valence-corrected chi connectivity index (χ2v) is 3.70. The van der Waals surface area contributed by atoms with Crippen molar-refractivity contribution in [1.82, 2.24) is 0 Å². The molecule has 0 heterocycles. The van der Waals surface area contributed by atoms with Gasteiger partial charge in [-0.15, -0.1) is 0 Å². The first-order chi connectivity index (χ1) is 6.56. The lowest BCUT2D eigenvalue weighted by atomic mass is 10.0. The zero-order valence-electron chi connectivity index (χ0n) is 8.46. The molecule has 0 aromatic heterocycles. The van der Waals surface area contributed by atoms with Gasteiger partial charge in [-0.25, -0.2) is 4.79 Å². The molecule has 1 unspecified atom stereocenters. The Balaban J connectivity index is 3.20. The summed E-state index contributed by atoms with van der Waals surface area (Å²) < 4.78 is 14.8. The van der Waals surface area contributed by atoms with Crippen molar-refractivity contribution in [3.05, 3.63) is 34.4 Å². The van der Waals surface area contributed by atoms with Crippen LogP contribution in [-0.2, 0) is 9.09 Å². The highest BCUT2D eigenvalue weighted by atomic mass is 31.1. The largest absolute Gasteiger partial charge is 0.413 e. The van der Waals surface area contributed by atoms with Crippen LogP contribution < -0.4 is 0 Å². The summed E-state index contributed by atoms with van der Waals surface area (Å²) in [7, 11) is -1.48. The minimum atomic E-state index is -1.48. The number of aryl methyl sites for hydroxylation is 3. The smallest absolute Gasteiger partial charge is 0.343 e. The van der Waals surface area contributed by atoms with E-state index in [9.17, 15) is 9.36 Å². The van der Waals surface area contributed by atoms with E-state index < -0.39 is 14.7 Å².